The average Bonchev–Trinajstić information content (AvgIpc) is 3.57. The monoisotopic (exact) mass is 509 g/mol. The minimum atomic E-state index is -0.170. The number of nitrogens with one attached hydrogen (secondary N) is 1. The molecule has 1 aliphatic rings. The van der Waals surface area contributed by atoms with E-state index in [4.69, 9.17) is 0 Å². The number of carbonyl (C=O) groups excluding carboxylic acids is 1. The highest BCUT2D eigenvalue weighted by Gasteiger charge is 2.27. The molecule has 12 heteroatoms. The highest BCUT2D eigenvalue weighted by Crippen LogP contribution is 2.35. The summed E-state index contributed by atoms with van der Waals surface area (Å²) in [6.45, 7) is 1.71. The molecule has 0 aliphatic carbocycles. The maximum Gasteiger partial charge on any atom is 0.268 e. The van der Waals surface area contributed by atoms with Crippen LogP contribution >= 0.6 is 34.4 Å². The van der Waals surface area contributed by atoms with E-state index in [-0.39, 0.29) is 17.2 Å². The number of hydrogen-bond donors (Lipinski definition) is 1. The standard InChI is InChI=1S/C22H19N7O2S3/c1-27-9-7-14-15(11-27)34-19-17(14)18(31)28(13-5-3-2-4-6-13)21-25-26-22(29(19)21)33-12-16(30)24-20-23-8-10-32-20/h2-6,8,10H,7,9,11-12H2,1H3,(H,23,24,30). The Morgan fingerprint density at radius 2 is 2.09 bits per heavy atom. The summed E-state index contributed by atoms with van der Waals surface area (Å²) in [6, 6.07) is 9.50. The summed E-state index contributed by atoms with van der Waals surface area (Å²) in [7, 11) is 2.09. The van der Waals surface area contributed by atoms with Gasteiger partial charge in [0.1, 0.15) is 4.83 Å². The zero-order chi connectivity index (χ0) is 23.2. The Morgan fingerprint density at radius 3 is 2.88 bits per heavy atom. The van der Waals surface area contributed by atoms with Gasteiger partial charge in [0.15, 0.2) is 10.3 Å². The average molecular weight is 510 g/mol. The lowest BCUT2D eigenvalue weighted by Crippen LogP contribution is -2.27. The molecule has 1 aromatic carbocycles. The predicted octanol–water partition coefficient (Wildman–Crippen LogP) is 3.27. The van der Waals surface area contributed by atoms with Crippen molar-refractivity contribution in [2.24, 2.45) is 0 Å². The highest BCUT2D eigenvalue weighted by atomic mass is 32.2. The van der Waals surface area contributed by atoms with Gasteiger partial charge in [-0.25, -0.2) is 14.0 Å². The first-order valence-corrected chi connectivity index (χ1v) is 13.3. The van der Waals surface area contributed by atoms with E-state index in [1.165, 1.54) is 28.0 Å². The van der Waals surface area contributed by atoms with Crippen LogP contribution in [-0.2, 0) is 17.8 Å². The number of aromatic nitrogens is 5. The van der Waals surface area contributed by atoms with Gasteiger partial charge in [-0.1, -0.05) is 30.0 Å². The third-order valence-electron chi connectivity index (χ3n) is 5.69. The number of carbonyl (C=O) groups is 1. The number of para-hydroxylation sites is 1. The van der Waals surface area contributed by atoms with E-state index < -0.39 is 0 Å². The van der Waals surface area contributed by atoms with Gasteiger partial charge in [0.2, 0.25) is 11.7 Å². The van der Waals surface area contributed by atoms with Crippen LogP contribution in [0.15, 0.2) is 51.9 Å². The lowest BCUT2D eigenvalue weighted by Gasteiger charge is -2.21. The van der Waals surface area contributed by atoms with Crippen LogP contribution in [0.4, 0.5) is 5.13 Å². The van der Waals surface area contributed by atoms with Crippen molar-refractivity contribution in [1.82, 2.24) is 29.0 Å². The normalized spacial score (nSPS) is 14.0. The smallest absolute Gasteiger partial charge is 0.268 e. The summed E-state index contributed by atoms with van der Waals surface area (Å²) in [4.78, 5) is 34.7. The fraction of sp³-hybridized carbons (Fsp3) is 0.227. The molecule has 0 fully saturated rings. The highest BCUT2D eigenvalue weighted by molar-refractivity contribution is 7.99. The molecule has 0 bridgehead atoms. The first-order chi connectivity index (χ1) is 16.6. The lowest BCUT2D eigenvalue weighted by molar-refractivity contribution is -0.113. The van der Waals surface area contributed by atoms with E-state index >= 15 is 0 Å². The van der Waals surface area contributed by atoms with Gasteiger partial charge in [-0.05, 0) is 31.2 Å². The Hall–Kier alpha value is -3.06. The van der Waals surface area contributed by atoms with Crippen molar-refractivity contribution in [2.45, 2.75) is 18.1 Å². The van der Waals surface area contributed by atoms with Crippen LogP contribution in [0.25, 0.3) is 21.7 Å². The van der Waals surface area contributed by atoms with Crippen LogP contribution < -0.4 is 10.9 Å². The van der Waals surface area contributed by atoms with Crippen molar-refractivity contribution >= 4 is 61.5 Å². The number of thiazole rings is 1. The molecule has 1 amide bonds. The SMILES string of the molecule is CN1CCc2c(sc3c2c(=O)n(-c2ccccc2)c2nnc(SCC(=O)Nc4nccs4)n32)C1. The number of nitrogens with zero attached hydrogens (tertiary/aromatic N) is 6. The summed E-state index contributed by atoms with van der Waals surface area (Å²) in [5.41, 5.74) is 1.76. The number of anilines is 1. The fourth-order valence-electron chi connectivity index (χ4n) is 4.16. The molecule has 0 saturated carbocycles. The summed E-state index contributed by atoms with van der Waals surface area (Å²) >= 11 is 4.28. The number of thiophene rings is 1. The second kappa shape index (κ2) is 8.62. The molecule has 0 saturated heterocycles. The van der Waals surface area contributed by atoms with Crippen molar-refractivity contribution in [3.63, 3.8) is 0 Å². The summed E-state index contributed by atoms with van der Waals surface area (Å²) in [6.07, 6.45) is 2.47. The second-order valence-corrected chi connectivity index (χ2v) is 10.9. The number of benzene rings is 1. The van der Waals surface area contributed by atoms with Crippen molar-refractivity contribution in [3.05, 3.63) is 62.7 Å². The Balaban J connectivity index is 1.50. The molecular formula is C22H19N7O2S3. The van der Waals surface area contributed by atoms with Crippen molar-refractivity contribution in [2.75, 3.05) is 24.7 Å². The molecule has 4 aromatic heterocycles. The first kappa shape index (κ1) is 21.5. The third-order valence-corrected chi connectivity index (χ3v) is 8.51. The van der Waals surface area contributed by atoms with E-state index in [0.717, 1.165) is 41.0 Å². The van der Waals surface area contributed by atoms with Gasteiger partial charge in [0.05, 0.1) is 16.8 Å². The zero-order valence-electron chi connectivity index (χ0n) is 18.1. The largest absolute Gasteiger partial charge is 0.301 e. The molecule has 0 atom stereocenters. The van der Waals surface area contributed by atoms with Crippen LogP contribution in [0.2, 0.25) is 0 Å². The molecule has 0 spiro atoms. The number of rotatable bonds is 5. The molecule has 1 aliphatic heterocycles. The fourth-order valence-corrected chi connectivity index (χ4v) is 6.91. The maximum absolute atomic E-state index is 13.8. The van der Waals surface area contributed by atoms with E-state index in [2.05, 4.69) is 32.4 Å². The van der Waals surface area contributed by atoms with Crippen molar-refractivity contribution in [1.29, 1.82) is 0 Å². The predicted molar refractivity (Wildman–Crippen MR) is 135 cm³/mol. The van der Waals surface area contributed by atoms with Crippen LogP contribution in [0.1, 0.15) is 10.4 Å². The van der Waals surface area contributed by atoms with E-state index in [1.807, 2.05) is 40.1 Å². The number of thioether (sulfide) groups is 1. The minimum Gasteiger partial charge on any atom is -0.301 e. The Bertz CT molecular complexity index is 1570. The van der Waals surface area contributed by atoms with Gasteiger partial charge in [0.25, 0.3) is 5.56 Å². The number of likely N-dealkylation sites (N-methyl/N-ethyl adjacent to an activating group) is 1. The quantitative estimate of drug-likeness (QED) is 0.363. The zero-order valence-corrected chi connectivity index (χ0v) is 20.5. The van der Waals surface area contributed by atoms with Gasteiger partial charge in [-0.2, -0.15) is 0 Å². The van der Waals surface area contributed by atoms with Gasteiger partial charge < -0.3 is 10.2 Å². The van der Waals surface area contributed by atoms with Crippen molar-refractivity contribution in [3.8, 4) is 5.69 Å². The second-order valence-electron chi connectivity index (χ2n) is 7.94. The molecule has 6 rings (SSSR count). The van der Waals surface area contributed by atoms with Crippen LogP contribution in [0.3, 0.4) is 0 Å². The van der Waals surface area contributed by atoms with Gasteiger partial charge in [-0.3, -0.25) is 9.59 Å². The van der Waals surface area contributed by atoms with Gasteiger partial charge >= 0.3 is 0 Å². The minimum absolute atomic E-state index is 0.0822. The maximum atomic E-state index is 13.8. The molecule has 1 N–H and O–H groups in total. The summed E-state index contributed by atoms with van der Waals surface area (Å²) < 4.78 is 3.55. The molecule has 34 heavy (non-hydrogen) atoms. The molecule has 0 unspecified atom stereocenters. The number of amides is 1. The van der Waals surface area contributed by atoms with E-state index in [1.54, 1.807) is 22.1 Å². The number of hydrogen-bond acceptors (Lipinski definition) is 9. The molecule has 9 nitrogen and oxygen atoms in total. The van der Waals surface area contributed by atoms with Crippen LogP contribution in [-0.4, -0.2) is 54.3 Å². The molecule has 5 heterocycles. The first-order valence-electron chi connectivity index (χ1n) is 10.6. The summed E-state index contributed by atoms with van der Waals surface area (Å²) in [5, 5.41) is 15.2. The number of fused-ring (bicyclic) bond motifs is 5. The van der Waals surface area contributed by atoms with Crippen molar-refractivity contribution < 1.29 is 4.79 Å². The molecule has 5 aromatic rings. The van der Waals surface area contributed by atoms with E-state index in [9.17, 15) is 9.59 Å². The van der Waals surface area contributed by atoms with E-state index in [0.29, 0.717) is 16.1 Å². The van der Waals surface area contributed by atoms with Crippen LogP contribution in [0, 0.1) is 0 Å². The third kappa shape index (κ3) is 3.63. The summed E-state index contributed by atoms with van der Waals surface area (Å²) in [5.74, 6) is 0.426. The molecule has 0 radical (unpaired) electrons. The Morgan fingerprint density at radius 1 is 1.24 bits per heavy atom. The molecular weight excluding hydrogens is 490 g/mol. The molecule has 172 valence electrons. The Kier molecular flexibility index (Phi) is 5.44. The lowest BCUT2D eigenvalue weighted by atomic mass is 10.1. The Labute approximate surface area is 206 Å². The van der Waals surface area contributed by atoms with Gasteiger partial charge in [0, 0.05) is 29.5 Å². The van der Waals surface area contributed by atoms with Gasteiger partial charge in [-0.15, -0.1) is 32.9 Å². The topological polar surface area (TPSA) is 97.4 Å². The van der Waals surface area contributed by atoms with Crippen LogP contribution in [0.5, 0.6) is 0 Å².